The van der Waals surface area contributed by atoms with Gasteiger partial charge in [-0.05, 0) is 53.8 Å². The van der Waals surface area contributed by atoms with Crippen LogP contribution in [0.3, 0.4) is 0 Å². The summed E-state index contributed by atoms with van der Waals surface area (Å²) < 4.78 is 7.61. The van der Waals surface area contributed by atoms with Crippen molar-refractivity contribution in [2.45, 2.75) is 51.1 Å². The Kier molecular flexibility index (Phi) is 5.35. The van der Waals surface area contributed by atoms with Gasteiger partial charge in [-0.2, -0.15) is 0 Å². The predicted octanol–water partition coefficient (Wildman–Crippen LogP) is 1.33. The Bertz CT molecular complexity index is 1080. The summed E-state index contributed by atoms with van der Waals surface area (Å²) >= 11 is 0. The lowest BCUT2D eigenvalue weighted by Gasteiger charge is -2.32. The zero-order valence-corrected chi connectivity index (χ0v) is 17.4. The Morgan fingerprint density at radius 3 is 2.77 bits per heavy atom. The van der Waals surface area contributed by atoms with Gasteiger partial charge in [-0.1, -0.05) is 30.9 Å². The first-order valence-corrected chi connectivity index (χ1v) is 11.0. The van der Waals surface area contributed by atoms with Gasteiger partial charge in [0.15, 0.2) is 6.04 Å². The lowest BCUT2D eigenvalue weighted by Crippen LogP contribution is -3.14. The van der Waals surface area contributed by atoms with Crippen LogP contribution in [0.15, 0.2) is 29.1 Å². The minimum atomic E-state index is -0.209. The standard InChI is InChI=1S/C22H28N6O2/c1-15-7-8-19-16(13-15)14-18(22(29)23-19)20(27-9-11-30-12-10-27)21-24-25-26-28(21)17-5-3-2-4-6-17/h7-8,13-14,17,20H,2-6,9-12H2,1H3,(H,23,29)/p+1/t20-/m0/s1. The summed E-state index contributed by atoms with van der Waals surface area (Å²) in [6.07, 6.45) is 5.87. The van der Waals surface area contributed by atoms with Gasteiger partial charge in [0, 0.05) is 5.52 Å². The number of pyridine rings is 1. The molecule has 0 amide bonds. The molecule has 30 heavy (non-hydrogen) atoms. The topological polar surface area (TPSA) is 90.1 Å². The van der Waals surface area contributed by atoms with Crippen molar-refractivity contribution in [1.29, 1.82) is 0 Å². The second-order valence-electron chi connectivity index (χ2n) is 8.62. The molecule has 1 saturated heterocycles. The zero-order chi connectivity index (χ0) is 20.5. The number of nitrogens with zero attached hydrogens (tertiary/aromatic N) is 4. The summed E-state index contributed by atoms with van der Waals surface area (Å²) in [7, 11) is 0. The summed E-state index contributed by atoms with van der Waals surface area (Å²) in [5.74, 6) is 0.802. The average molecular weight is 410 g/mol. The molecule has 0 bridgehead atoms. The third-order valence-electron chi connectivity index (χ3n) is 6.58. The lowest BCUT2D eigenvalue weighted by atomic mass is 9.95. The summed E-state index contributed by atoms with van der Waals surface area (Å²) in [6.45, 7) is 5.09. The fourth-order valence-corrected chi connectivity index (χ4v) is 5.00. The normalized spacial score (nSPS) is 19.9. The smallest absolute Gasteiger partial charge is 0.258 e. The minimum Gasteiger partial charge on any atom is -0.370 e. The Hall–Kier alpha value is -2.58. The SMILES string of the molecule is Cc1ccc2[nH]c(=O)c([C@@H](c3nnnn3C3CCCCC3)[NH+]3CCOCC3)cc2c1. The van der Waals surface area contributed by atoms with Crippen molar-refractivity contribution < 1.29 is 9.64 Å². The number of hydrogen-bond acceptors (Lipinski definition) is 5. The highest BCUT2D eigenvalue weighted by Crippen LogP contribution is 2.30. The van der Waals surface area contributed by atoms with Gasteiger partial charge in [0.1, 0.15) is 13.1 Å². The fourth-order valence-electron chi connectivity index (χ4n) is 5.00. The number of aromatic amines is 1. The van der Waals surface area contributed by atoms with E-state index in [0.717, 1.165) is 48.2 Å². The zero-order valence-electron chi connectivity index (χ0n) is 17.4. The van der Waals surface area contributed by atoms with Gasteiger partial charge < -0.3 is 14.6 Å². The Labute approximate surface area is 175 Å². The number of morpholine rings is 1. The number of aromatic nitrogens is 5. The van der Waals surface area contributed by atoms with Crippen molar-refractivity contribution in [3.8, 4) is 0 Å². The van der Waals surface area contributed by atoms with E-state index in [0.29, 0.717) is 19.3 Å². The number of benzene rings is 1. The molecule has 2 N–H and O–H groups in total. The van der Waals surface area contributed by atoms with Gasteiger partial charge in [-0.3, -0.25) is 4.79 Å². The van der Waals surface area contributed by atoms with Crippen LogP contribution in [0.1, 0.15) is 61.1 Å². The number of quaternary nitrogens is 1. The van der Waals surface area contributed by atoms with Crippen molar-refractivity contribution >= 4 is 10.9 Å². The van der Waals surface area contributed by atoms with Gasteiger partial charge in [0.2, 0.25) is 5.82 Å². The molecule has 1 aromatic carbocycles. The van der Waals surface area contributed by atoms with Crippen molar-refractivity contribution in [3.05, 3.63) is 51.6 Å². The van der Waals surface area contributed by atoms with E-state index in [2.05, 4.69) is 33.5 Å². The van der Waals surface area contributed by atoms with Crippen LogP contribution in [0.4, 0.5) is 0 Å². The highest BCUT2D eigenvalue weighted by atomic mass is 16.5. The maximum Gasteiger partial charge on any atom is 0.258 e. The summed E-state index contributed by atoms with van der Waals surface area (Å²) in [5.41, 5.74) is 2.70. The molecule has 1 saturated carbocycles. The monoisotopic (exact) mass is 409 g/mol. The molecule has 0 unspecified atom stereocenters. The van der Waals surface area contributed by atoms with Crippen LogP contribution in [-0.4, -0.2) is 51.5 Å². The van der Waals surface area contributed by atoms with Crippen LogP contribution < -0.4 is 10.5 Å². The second-order valence-corrected chi connectivity index (χ2v) is 8.62. The van der Waals surface area contributed by atoms with Crippen molar-refractivity contribution in [2.75, 3.05) is 26.3 Å². The molecule has 8 heteroatoms. The quantitative estimate of drug-likeness (QED) is 0.679. The molecule has 2 aliphatic rings. The molecule has 8 nitrogen and oxygen atoms in total. The molecule has 2 fully saturated rings. The van der Waals surface area contributed by atoms with Crippen LogP contribution in [0, 0.1) is 6.92 Å². The van der Waals surface area contributed by atoms with E-state index in [1.54, 1.807) is 0 Å². The molecule has 3 heterocycles. The van der Waals surface area contributed by atoms with E-state index < -0.39 is 0 Å². The predicted molar refractivity (Wildman–Crippen MR) is 113 cm³/mol. The van der Waals surface area contributed by atoms with E-state index in [1.807, 2.05) is 22.9 Å². The third-order valence-corrected chi connectivity index (χ3v) is 6.58. The van der Waals surface area contributed by atoms with Crippen LogP contribution in [0.25, 0.3) is 10.9 Å². The number of hydrogen-bond donors (Lipinski definition) is 2. The molecule has 158 valence electrons. The molecule has 2 aromatic heterocycles. The average Bonchev–Trinajstić information content (AvgIpc) is 3.25. The number of fused-ring (bicyclic) bond motifs is 1. The molecule has 5 rings (SSSR count). The second kappa shape index (κ2) is 8.28. The van der Waals surface area contributed by atoms with E-state index in [9.17, 15) is 4.79 Å². The molecular formula is C22H29N6O2+. The van der Waals surface area contributed by atoms with Gasteiger partial charge in [0.25, 0.3) is 5.56 Å². The number of tetrazole rings is 1. The lowest BCUT2D eigenvalue weighted by molar-refractivity contribution is -0.933. The van der Waals surface area contributed by atoms with Crippen molar-refractivity contribution in [2.24, 2.45) is 0 Å². The fraction of sp³-hybridized carbons (Fsp3) is 0.545. The molecule has 1 aliphatic heterocycles. The van der Waals surface area contributed by atoms with Crippen LogP contribution >= 0.6 is 0 Å². The van der Waals surface area contributed by atoms with Gasteiger partial charge >= 0.3 is 0 Å². The third kappa shape index (κ3) is 3.65. The summed E-state index contributed by atoms with van der Waals surface area (Å²) in [4.78, 5) is 17.6. The number of ether oxygens (including phenoxy) is 1. The molecular weight excluding hydrogens is 380 g/mol. The number of H-pyrrole nitrogens is 1. The van der Waals surface area contributed by atoms with E-state index >= 15 is 0 Å². The summed E-state index contributed by atoms with van der Waals surface area (Å²) in [5, 5.41) is 13.9. The summed E-state index contributed by atoms with van der Waals surface area (Å²) in [6, 6.07) is 8.25. The largest absolute Gasteiger partial charge is 0.370 e. The van der Waals surface area contributed by atoms with E-state index in [-0.39, 0.29) is 11.6 Å². The van der Waals surface area contributed by atoms with Gasteiger partial charge in [-0.25, -0.2) is 4.68 Å². The maximum atomic E-state index is 13.2. The molecule has 0 spiro atoms. The first-order chi connectivity index (χ1) is 14.7. The number of aryl methyl sites for hydroxylation is 1. The minimum absolute atomic E-state index is 0.0615. The molecule has 3 aromatic rings. The molecule has 1 atom stereocenters. The van der Waals surface area contributed by atoms with Gasteiger partial charge in [0.05, 0.1) is 24.8 Å². The van der Waals surface area contributed by atoms with Crippen molar-refractivity contribution in [3.63, 3.8) is 0 Å². The highest BCUT2D eigenvalue weighted by Gasteiger charge is 2.36. The highest BCUT2D eigenvalue weighted by molar-refractivity contribution is 5.79. The Morgan fingerprint density at radius 2 is 1.97 bits per heavy atom. The van der Waals surface area contributed by atoms with Crippen LogP contribution in [-0.2, 0) is 4.74 Å². The van der Waals surface area contributed by atoms with E-state index in [4.69, 9.17) is 4.74 Å². The van der Waals surface area contributed by atoms with Crippen LogP contribution in [0.2, 0.25) is 0 Å². The first-order valence-electron chi connectivity index (χ1n) is 11.0. The number of rotatable bonds is 4. The van der Waals surface area contributed by atoms with E-state index in [1.165, 1.54) is 29.7 Å². The van der Waals surface area contributed by atoms with Gasteiger partial charge in [-0.15, -0.1) is 5.10 Å². The number of nitrogens with one attached hydrogen (secondary N) is 2. The maximum absolute atomic E-state index is 13.2. The first kappa shape index (κ1) is 19.4. The molecule has 0 radical (unpaired) electrons. The van der Waals surface area contributed by atoms with Crippen molar-refractivity contribution in [1.82, 2.24) is 25.2 Å². The molecule has 1 aliphatic carbocycles. The van der Waals surface area contributed by atoms with Crippen LogP contribution in [0.5, 0.6) is 0 Å². The Morgan fingerprint density at radius 1 is 1.17 bits per heavy atom. The Balaban J connectivity index is 1.64.